The van der Waals surface area contributed by atoms with E-state index in [9.17, 15) is 18.8 Å². The third-order valence-corrected chi connectivity index (χ3v) is 3.96. The summed E-state index contributed by atoms with van der Waals surface area (Å²) in [5.74, 6) is -1.48. The Balaban J connectivity index is 2.36. The second kappa shape index (κ2) is 7.29. The fourth-order valence-electron chi connectivity index (χ4n) is 2.41. The van der Waals surface area contributed by atoms with Crippen molar-refractivity contribution in [2.75, 3.05) is 7.11 Å². The Kier molecular flexibility index (Phi) is 5.36. The summed E-state index contributed by atoms with van der Waals surface area (Å²) in [7, 11) is 2.82. The van der Waals surface area contributed by atoms with E-state index in [2.05, 4.69) is 5.32 Å². The van der Waals surface area contributed by atoms with Crippen molar-refractivity contribution in [3.05, 3.63) is 69.9 Å². The van der Waals surface area contributed by atoms with Crippen molar-refractivity contribution >= 4 is 11.9 Å². The fraction of sp³-hybridized carbons (Fsp3) is 0.278. The zero-order valence-corrected chi connectivity index (χ0v) is 14.2. The summed E-state index contributed by atoms with van der Waals surface area (Å²) < 4.78 is 19.2. The number of amides is 1. The number of methoxy groups -OCH3 is 1. The summed E-state index contributed by atoms with van der Waals surface area (Å²) in [5, 5.41) is 2.75. The van der Waals surface area contributed by atoms with Crippen LogP contribution in [-0.4, -0.2) is 23.6 Å². The van der Waals surface area contributed by atoms with E-state index in [-0.39, 0.29) is 17.5 Å². The van der Waals surface area contributed by atoms with Gasteiger partial charge in [0, 0.05) is 24.9 Å². The molecule has 1 N–H and O–H groups in total. The molecule has 0 aliphatic carbocycles. The average Bonchev–Trinajstić information content (AvgIpc) is 2.57. The van der Waals surface area contributed by atoms with Crippen LogP contribution in [0.1, 0.15) is 29.3 Å². The van der Waals surface area contributed by atoms with Gasteiger partial charge in [0.25, 0.3) is 11.5 Å². The lowest BCUT2D eigenvalue weighted by Gasteiger charge is -2.30. The van der Waals surface area contributed by atoms with Crippen molar-refractivity contribution in [1.29, 1.82) is 0 Å². The van der Waals surface area contributed by atoms with Crippen LogP contribution in [0.15, 0.2) is 47.4 Å². The van der Waals surface area contributed by atoms with Crippen molar-refractivity contribution in [3.63, 3.8) is 0 Å². The molecule has 0 bridgehead atoms. The van der Waals surface area contributed by atoms with E-state index in [1.807, 2.05) is 0 Å². The van der Waals surface area contributed by atoms with Crippen LogP contribution in [0.25, 0.3) is 0 Å². The second-order valence-electron chi connectivity index (χ2n) is 5.91. The number of pyridine rings is 1. The number of benzene rings is 1. The lowest BCUT2D eigenvalue weighted by molar-refractivity contribution is -0.142. The SMILES string of the molecule is COC(=O)CC(C)(NC(=O)c1ccn(C)c(=O)c1)c1ccc(F)cc1. The number of hydrogen-bond donors (Lipinski definition) is 1. The molecule has 1 unspecified atom stereocenters. The van der Waals surface area contributed by atoms with Gasteiger partial charge in [-0.05, 0) is 30.7 Å². The van der Waals surface area contributed by atoms with Crippen LogP contribution < -0.4 is 10.9 Å². The Hall–Kier alpha value is -2.96. The molecule has 1 amide bonds. The number of ether oxygens (including phenoxy) is 1. The summed E-state index contributed by atoms with van der Waals surface area (Å²) in [6, 6.07) is 8.17. The van der Waals surface area contributed by atoms with E-state index in [1.165, 1.54) is 54.3 Å². The van der Waals surface area contributed by atoms with Crippen molar-refractivity contribution < 1.29 is 18.7 Å². The van der Waals surface area contributed by atoms with Crippen LogP contribution in [0.2, 0.25) is 0 Å². The van der Waals surface area contributed by atoms with E-state index < -0.39 is 23.2 Å². The van der Waals surface area contributed by atoms with Gasteiger partial charge in [0.1, 0.15) is 5.82 Å². The number of esters is 1. The maximum Gasteiger partial charge on any atom is 0.308 e. The average molecular weight is 346 g/mol. The Bertz CT molecular complexity index is 845. The lowest BCUT2D eigenvalue weighted by atomic mass is 9.88. The summed E-state index contributed by atoms with van der Waals surface area (Å²) >= 11 is 0. The van der Waals surface area contributed by atoms with Crippen LogP contribution in [0.4, 0.5) is 4.39 Å². The number of halogens is 1. The Morgan fingerprint density at radius 1 is 1.24 bits per heavy atom. The molecule has 1 heterocycles. The van der Waals surface area contributed by atoms with E-state index in [4.69, 9.17) is 4.74 Å². The molecule has 0 saturated heterocycles. The van der Waals surface area contributed by atoms with Crippen LogP contribution in [0.5, 0.6) is 0 Å². The van der Waals surface area contributed by atoms with Crippen molar-refractivity contribution in [2.24, 2.45) is 7.05 Å². The van der Waals surface area contributed by atoms with E-state index >= 15 is 0 Å². The van der Waals surface area contributed by atoms with Crippen LogP contribution in [-0.2, 0) is 22.1 Å². The molecule has 6 nitrogen and oxygen atoms in total. The molecule has 1 atom stereocenters. The van der Waals surface area contributed by atoms with Gasteiger partial charge >= 0.3 is 5.97 Å². The first-order valence-electron chi connectivity index (χ1n) is 7.57. The molecule has 0 aliphatic rings. The maximum atomic E-state index is 13.2. The molecule has 0 fully saturated rings. The van der Waals surface area contributed by atoms with Crippen LogP contribution in [0, 0.1) is 5.82 Å². The molecule has 0 aliphatic heterocycles. The van der Waals surface area contributed by atoms with Crippen LogP contribution >= 0.6 is 0 Å². The molecule has 0 saturated carbocycles. The highest BCUT2D eigenvalue weighted by atomic mass is 19.1. The summed E-state index contributed by atoms with van der Waals surface area (Å²) in [6.07, 6.45) is 1.33. The molecule has 1 aromatic carbocycles. The van der Waals surface area contributed by atoms with Gasteiger partial charge in [0.15, 0.2) is 0 Å². The molecule has 2 rings (SSSR count). The van der Waals surface area contributed by atoms with E-state index in [1.54, 1.807) is 14.0 Å². The van der Waals surface area contributed by atoms with Gasteiger partial charge in [-0.15, -0.1) is 0 Å². The highest BCUT2D eigenvalue weighted by Crippen LogP contribution is 2.26. The van der Waals surface area contributed by atoms with Gasteiger partial charge in [-0.3, -0.25) is 14.4 Å². The minimum atomic E-state index is -1.13. The Morgan fingerprint density at radius 2 is 1.88 bits per heavy atom. The number of aromatic nitrogens is 1. The largest absolute Gasteiger partial charge is 0.469 e. The standard InChI is InChI=1S/C18H19FN2O4/c1-18(11-16(23)25-3,13-4-6-14(19)7-5-13)20-17(24)12-8-9-21(2)15(22)10-12/h4-10H,11H2,1-3H3,(H,20,24). The second-order valence-corrected chi connectivity index (χ2v) is 5.91. The van der Waals surface area contributed by atoms with Crippen molar-refractivity contribution in [1.82, 2.24) is 9.88 Å². The van der Waals surface area contributed by atoms with Crippen molar-refractivity contribution in [3.8, 4) is 0 Å². The highest BCUT2D eigenvalue weighted by Gasteiger charge is 2.32. The van der Waals surface area contributed by atoms with Gasteiger partial charge in [0.05, 0.1) is 19.1 Å². The lowest BCUT2D eigenvalue weighted by Crippen LogP contribution is -2.45. The maximum absolute atomic E-state index is 13.2. The minimum absolute atomic E-state index is 0.147. The first-order chi connectivity index (χ1) is 11.7. The van der Waals surface area contributed by atoms with Gasteiger partial charge in [0.2, 0.25) is 0 Å². The predicted octanol–water partition coefficient (Wildman–Crippen LogP) is 1.73. The molecule has 25 heavy (non-hydrogen) atoms. The molecule has 0 radical (unpaired) electrons. The zero-order chi connectivity index (χ0) is 18.6. The number of carbonyl (C=O) groups is 2. The highest BCUT2D eigenvalue weighted by molar-refractivity contribution is 5.95. The van der Waals surface area contributed by atoms with E-state index in [0.29, 0.717) is 5.56 Å². The smallest absolute Gasteiger partial charge is 0.308 e. The molecule has 0 spiro atoms. The minimum Gasteiger partial charge on any atom is -0.469 e. The number of carbonyl (C=O) groups excluding carboxylic acids is 2. The third-order valence-electron chi connectivity index (χ3n) is 3.96. The number of hydrogen-bond acceptors (Lipinski definition) is 4. The van der Waals surface area contributed by atoms with Gasteiger partial charge in [-0.25, -0.2) is 4.39 Å². The van der Waals surface area contributed by atoms with Gasteiger partial charge < -0.3 is 14.6 Å². The molecular weight excluding hydrogens is 327 g/mol. The topological polar surface area (TPSA) is 77.4 Å². The molecule has 2 aromatic rings. The normalized spacial score (nSPS) is 13.0. The Morgan fingerprint density at radius 3 is 2.44 bits per heavy atom. The molecular formula is C18H19FN2O4. The first-order valence-corrected chi connectivity index (χ1v) is 7.57. The summed E-state index contributed by atoms with van der Waals surface area (Å²) in [4.78, 5) is 36.0. The van der Waals surface area contributed by atoms with Gasteiger partial charge in [-0.1, -0.05) is 12.1 Å². The molecule has 7 heteroatoms. The first kappa shape index (κ1) is 18.4. The number of nitrogens with zero attached hydrogens (tertiary/aromatic N) is 1. The third kappa shape index (κ3) is 4.32. The number of rotatable bonds is 5. The monoisotopic (exact) mass is 346 g/mol. The fourth-order valence-corrected chi connectivity index (χ4v) is 2.41. The van der Waals surface area contributed by atoms with Crippen LogP contribution in [0.3, 0.4) is 0 Å². The molecule has 1 aromatic heterocycles. The molecule has 132 valence electrons. The number of aryl methyl sites for hydroxylation is 1. The van der Waals surface area contributed by atoms with Crippen molar-refractivity contribution in [2.45, 2.75) is 18.9 Å². The van der Waals surface area contributed by atoms with Gasteiger partial charge in [-0.2, -0.15) is 0 Å². The summed E-state index contributed by atoms with van der Waals surface area (Å²) in [6.45, 7) is 1.64. The Labute approximate surface area is 144 Å². The van der Waals surface area contributed by atoms with E-state index in [0.717, 1.165) is 0 Å². The predicted molar refractivity (Wildman–Crippen MR) is 89.5 cm³/mol. The summed E-state index contributed by atoms with van der Waals surface area (Å²) in [5.41, 5.74) is -0.749. The zero-order valence-electron chi connectivity index (χ0n) is 14.2. The number of nitrogens with one attached hydrogen (secondary N) is 1. The quantitative estimate of drug-likeness (QED) is 0.837.